The van der Waals surface area contributed by atoms with Gasteiger partial charge >= 0.3 is 0 Å². The van der Waals surface area contributed by atoms with Crippen molar-refractivity contribution in [2.75, 3.05) is 0 Å². The van der Waals surface area contributed by atoms with Crippen molar-refractivity contribution < 1.29 is 8.42 Å². The molecule has 25 heavy (non-hydrogen) atoms. The second kappa shape index (κ2) is 8.16. The Balaban J connectivity index is 2.16. The van der Waals surface area contributed by atoms with Gasteiger partial charge in [0.2, 0.25) is 10.0 Å². The van der Waals surface area contributed by atoms with Gasteiger partial charge in [-0.2, -0.15) is 5.26 Å². The number of primary sulfonamides is 1. The fourth-order valence-electron chi connectivity index (χ4n) is 3.69. The maximum atomic E-state index is 12.2. The molecule has 1 aromatic rings. The van der Waals surface area contributed by atoms with Crippen LogP contribution in [0.1, 0.15) is 63.5 Å². The molecule has 0 spiro atoms. The van der Waals surface area contributed by atoms with E-state index >= 15 is 0 Å². The predicted molar refractivity (Wildman–Crippen MR) is 102 cm³/mol. The van der Waals surface area contributed by atoms with Crippen molar-refractivity contribution in [2.45, 2.75) is 63.5 Å². The first kappa shape index (κ1) is 19.7. The van der Waals surface area contributed by atoms with Crippen LogP contribution in [0.4, 0.5) is 0 Å². The number of allylic oxidation sites excluding steroid dienone is 2. The van der Waals surface area contributed by atoms with E-state index in [9.17, 15) is 8.42 Å². The first-order chi connectivity index (χ1) is 11.8. The van der Waals surface area contributed by atoms with Crippen molar-refractivity contribution in [3.63, 3.8) is 0 Å². The average molecular weight is 361 g/mol. The quantitative estimate of drug-likeness (QED) is 0.792. The van der Waals surface area contributed by atoms with E-state index < -0.39 is 14.8 Å². The molecule has 2 unspecified atom stereocenters. The van der Waals surface area contributed by atoms with Crippen LogP contribution in [0.25, 0.3) is 5.57 Å². The van der Waals surface area contributed by atoms with Gasteiger partial charge in [-0.05, 0) is 55.2 Å². The zero-order chi connectivity index (χ0) is 18.5. The van der Waals surface area contributed by atoms with Gasteiger partial charge in [0, 0.05) is 0 Å². The van der Waals surface area contributed by atoms with Crippen LogP contribution < -0.4 is 5.14 Å². The molecule has 0 amide bonds. The van der Waals surface area contributed by atoms with E-state index in [2.05, 4.69) is 31.2 Å². The Morgan fingerprint density at radius 1 is 1.32 bits per heavy atom. The molecule has 1 aromatic carbocycles. The van der Waals surface area contributed by atoms with Crippen LogP contribution in [0.2, 0.25) is 0 Å². The summed E-state index contributed by atoms with van der Waals surface area (Å²) in [5.74, 6) is 0.0654. The molecule has 5 heteroatoms. The lowest BCUT2D eigenvalue weighted by Crippen LogP contribution is -2.47. The molecule has 2 N–H and O–H groups in total. The molecule has 2 atom stereocenters. The average Bonchev–Trinajstić information content (AvgIpc) is 2.60. The summed E-state index contributed by atoms with van der Waals surface area (Å²) in [6.45, 7) is 3.89. The highest BCUT2D eigenvalue weighted by Gasteiger charge is 2.43. The smallest absolute Gasteiger partial charge is 0.214 e. The third-order valence-electron chi connectivity index (χ3n) is 5.56. The molecule has 1 aliphatic rings. The highest BCUT2D eigenvalue weighted by Crippen LogP contribution is 2.41. The fraction of sp³-hybridized carbons (Fsp3) is 0.550. The zero-order valence-electron chi connectivity index (χ0n) is 15.2. The lowest BCUT2D eigenvalue weighted by molar-refractivity contribution is 0.327. The minimum atomic E-state index is -3.59. The van der Waals surface area contributed by atoms with Crippen LogP contribution in [-0.2, 0) is 16.4 Å². The first-order valence-electron chi connectivity index (χ1n) is 8.99. The van der Waals surface area contributed by atoms with Gasteiger partial charge in [-0.3, -0.25) is 0 Å². The molecule has 1 aliphatic carbocycles. The molecule has 0 radical (unpaired) electrons. The normalized spacial score (nSPS) is 20.4. The van der Waals surface area contributed by atoms with Crippen LogP contribution in [0, 0.1) is 17.2 Å². The second-order valence-electron chi connectivity index (χ2n) is 7.19. The summed E-state index contributed by atoms with van der Waals surface area (Å²) in [6, 6.07) is 10.2. The van der Waals surface area contributed by atoms with Crippen molar-refractivity contribution in [1.82, 2.24) is 0 Å². The van der Waals surface area contributed by atoms with Gasteiger partial charge in [0.25, 0.3) is 0 Å². The molecule has 0 fully saturated rings. The zero-order valence-corrected chi connectivity index (χ0v) is 16.0. The molecule has 0 aliphatic heterocycles. The van der Waals surface area contributed by atoms with Gasteiger partial charge in [0.15, 0.2) is 0 Å². The number of nitriles is 1. The third kappa shape index (κ3) is 4.50. The minimum Gasteiger partial charge on any atom is -0.228 e. The Hall–Kier alpha value is -1.64. The molecule has 136 valence electrons. The number of hydrogen-bond donors (Lipinski definition) is 1. The fourth-order valence-corrected chi connectivity index (χ4v) is 4.79. The molecule has 0 bridgehead atoms. The molecular weight excluding hydrogens is 332 g/mol. The molecule has 0 heterocycles. The topological polar surface area (TPSA) is 83.9 Å². The highest BCUT2D eigenvalue weighted by molar-refractivity contribution is 7.90. The van der Waals surface area contributed by atoms with Crippen molar-refractivity contribution in [2.24, 2.45) is 11.1 Å². The Morgan fingerprint density at radius 3 is 2.48 bits per heavy atom. The Kier molecular flexibility index (Phi) is 6.42. The Morgan fingerprint density at radius 2 is 2.00 bits per heavy atom. The summed E-state index contributed by atoms with van der Waals surface area (Å²) in [4.78, 5) is 0. The SMILES string of the molecule is CCCCC(C)(C1CC=C(c2ccc(CC#N)cc2)CC1)S(N)(=O)=O. The van der Waals surface area contributed by atoms with Gasteiger partial charge < -0.3 is 0 Å². The number of unbranched alkanes of at least 4 members (excludes halogenated alkanes) is 1. The van der Waals surface area contributed by atoms with Crippen LogP contribution in [0.5, 0.6) is 0 Å². The van der Waals surface area contributed by atoms with E-state index in [0.717, 1.165) is 43.2 Å². The maximum Gasteiger partial charge on any atom is 0.214 e. The monoisotopic (exact) mass is 360 g/mol. The first-order valence-corrected chi connectivity index (χ1v) is 10.5. The number of hydrogen-bond acceptors (Lipinski definition) is 3. The number of benzene rings is 1. The largest absolute Gasteiger partial charge is 0.228 e. The predicted octanol–water partition coefficient (Wildman–Crippen LogP) is 4.17. The molecular formula is C20H28N2O2S. The van der Waals surface area contributed by atoms with E-state index in [-0.39, 0.29) is 5.92 Å². The highest BCUT2D eigenvalue weighted by atomic mass is 32.2. The van der Waals surface area contributed by atoms with E-state index in [1.165, 1.54) is 5.57 Å². The second-order valence-corrected chi connectivity index (χ2v) is 9.22. The van der Waals surface area contributed by atoms with Gasteiger partial charge in [-0.1, -0.05) is 50.1 Å². The van der Waals surface area contributed by atoms with Crippen LogP contribution >= 0.6 is 0 Å². The van der Waals surface area contributed by atoms with Gasteiger partial charge in [0.05, 0.1) is 17.2 Å². The van der Waals surface area contributed by atoms with Crippen molar-refractivity contribution in [3.8, 4) is 6.07 Å². The molecule has 0 saturated heterocycles. The number of nitrogens with two attached hydrogens (primary N) is 1. The van der Waals surface area contributed by atoms with Crippen molar-refractivity contribution >= 4 is 15.6 Å². The number of sulfonamides is 1. The van der Waals surface area contributed by atoms with Gasteiger partial charge in [0.1, 0.15) is 0 Å². The van der Waals surface area contributed by atoms with Crippen LogP contribution in [0.3, 0.4) is 0 Å². The minimum absolute atomic E-state index is 0.0654. The van der Waals surface area contributed by atoms with Gasteiger partial charge in [-0.15, -0.1) is 0 Å². The molecule has 2 rings (SSSR count). The number of rotatable bonds is 7. The molecule has 0 aromatic heterocycles. The number of nitrogens with zero attached hydrogens (tertiary/aromatic N) is 1. The summed E-state index contributed by atoms with van der Waals surface area (Å²) in [6.07, 6.45) is 7.50. The van der Waals surface area contributed by atoms with E-state index in [1.807, 2.05) is 19.1 Å². The lowest BCUT2D eigenvalue weighted by atomic mass is 9.77. The van der Waals surface area contributed by atoms with Gasteiger partial charge in [-0.25, -0.2) is 13.6 Å². The molecule has 4 nitrogen and oxygen atoms in total. The van der Waals surface area contributed by atoms with E-state index in [1.54, 1.807) is 0 Å². The summed E-state index contributed by atoms with van der Waals surface area (Å²) < 4.78 is 23.6. The third-order valence-corrected chi connectivity index (χ3v) is 7.40. The lowest BCUT2D eigenvalue weighted by Gasteiger charge is -2.37. The van der Waals surface area contributed by atoms with Crippen LogP contribution in [-0.4, -0.2) is 13.2 Å². The van der Waals surface area contributed by atoms with E-state index in [4.69, 9.17) is 10.4 Å². The Labute approximate surface area is 151 Å². The Bertz CT molecular complexity index is 760. The molecule has 0 saturated carbocycles. The summed E-state index contributed by atoms with van der Waals surface area (Å²) >= 11 is 0. The maximum absolute atomic E-state index is 12.2. The summed E-state index contributed by atoms with van der Waals surface area (Å²) in [7, 11) is -3.59. The van der Waals surface area contributed by atoms with Crippen molar-refractivity contribution in [1.29, 1.82) is 5.26 Å². The summed E-state index contributed by atoms with van der Waals surface area (Å²) in [5, 5.41) is 14.4. The van der Waals surface area contributed by atoms with Crippen molar-refractivity contribution in [3.05, 3.63) is 41.5 Å². The standard InChI is InChI=1S/C20H28N2O2S/c1-3-4-14-20(2,25(22,23)24)19-11-9-18(10-12-19)17-7-5-16(6-8-17)13-15-21/h5-9,19H,3-4,10-14H2,1-2H3,(H2,22,23,24). The summed E-state index contributed by atoms with van der Waals surface area (Å²) in [5.41, 5.74) is 3.43. The van der Waals surface area contributed by atoms with E-state index in [0.29, 0.717) is 12.8 Å². The van der Waals surface area contributed by atoms with Crippen LogP contribution in [0.15, 0.2) is 30.3 Å².